The maximum Gasteiger partial charge on any atom is 0.207 e. The summed E-state index contributed by atoms with van der Waals surface area (Å²) in [4.78, 5) is 23.3. The predicted molar refractivity (Wildman–Crippen MR) is 100.0 cm³/mol. The third-order valence-corrected chi connectivity index (χ3v) is 5.12. The van der Waals surface area contributed by atoms with Crippen molar-refractivity contribution in [3.8, 4) is 0 Å². The zero-order valence-electron chi connectivity index (χ0n) is 16.3. The van der Waals surface area contributed by atoms with Gasteiger partial charge >= 0.3 is 0 Å². The molecule has 0 aromatic heterocycles. The molecule has 0 bridgehead atoms. The highest BCUT2D eigenvalue weighted by Gasteiger charge is 2.29. The minimum atomic E-state index is -0.0677. The standard InChI is InChI=1S/C15H27NO.C5H11NO/c1-13(17)6-5-10-16-11-9-14-7-3-2-4-8-15(14)12-16;1-5(2,3)6-4-7/h14-15H,2-12H2,1H3;4H,1-3H3,(H,6,7). The van der Waals surface area contributed by atoms with Crippen molar-refractivity contribution in [1.82, 2.24) is 10.2 Å². The molecule has 2 aliphatic rings. The molecule has 2 atom stereocenters. The normalized spacial score (nSPS) is 24.8. The van der Waals surface area contributed by atoms with Gasteiger partial charge in [0.2, 0.25) is 6.41 Å². The van der Waals surface area contributed by atoms with Gasteiger partial charge in [0.25, 0.3) is 0 Å². The number of nitrogens with zero attached hydrogens (tertiary/aromatic N) is 1. The number of carbonyl (C=O) groups excluding carboxylic acids is 2. The van der Waals surface area contributed by atoms with Crippen molar-refractivity contribution < 1.29 is 9.59 Å². The molecule has 140 valence electrons. The Morgan fingerprint density at radius 3 is 2.33 bits per heavy atom. The molecule has 0 radical (unpaired) electrons. The van der Waals surface area contributed by atoms with Crippen molar-refractivity contribution in [2.24, 2.45) is 11.8 Å². The van der Waals surface area contributed by atoms with E-state index >= 15 is 0 Å². The minimum Gasteiger partial charge on any atom is -0.354 e. The average molecular weight is 339 g/mol. The molecule has 4 heteroatoms. The molecular formula is C20H38N2O2. The Bertz CT molecular complexity index is 376. The number of Topliss-reactive ketones (excluding diaryl/α,β-unsaturated/α-hetero) is 1. The second-order valence-electron chi connectivity index (χ2n) is 8.57. The lowest BCUT2D eigenvalue weighted by Crippen LogP contribution is -2.40. The fourth-order valence-electron chi connectivity index (χ4n) is 3.78. The number of ketones is 1. The first kappa shape index (κ1) is 21.1. The molecule has 0 spiro atoms. The van der Waals surface area contributed by atoms with Crippen LogP contribution >= 0.6 is 0 Å². The highest BCUT2D eigenvalue weighted by atomic mass is 16.1. The number of hydrogen-bond donors (Lipinski definition) is 1. The van der Waals surface area contributed by atoms with Gasteiger partial charge in [-0.15, -0.1) is 0 Å². The van der Waals surface area contributed by atoms with Crippen LogP contribution in [0.25, 0.3) is 0 Å². The minimum absolute atomic E-state index is 0.0677. The zero-order chi connectivity index (χ0) is 18.0. The van der Waals surface area contributed by atoms with Crippen LogP contribution in [-0.4, -0.2) is 42.3 Å². The van der Waals surface area contributed by atoms with E-state index in [-0.39, 0.29) is 5.54 Å². The van der Waals surface area contributed by atoms with Crippen LogP contribution in [0.4, 0.5) is 0 Å². The second kappa shape index (κ2) is 10.9. The summed E-state index contributed by atoms with van der Waals surface area (Å²) in [5, 5.41) is 2.60. The smallest absolute Gasteiger partial charge is 0.207 e. The van der Waals surface area contributed by atoms with Gasteiger partial charge in [0.1, 0.15) is 5.78 Å². The summed E-state index contributed by atoms with van der Waals surface area (Å²) < 4.78 is 0. The SMILES string of the molecule is CC(=O)CCCN1CCC2CCCCCC2C1.CC(C)(C)NC=O. The van der Waals surface area contributed by atoms with E-state index in [9.17, 15) is 9.59 Å². The van der Waals surface area contributed by atoms with E-state index in [0.29, 0.717) is 12.2 Å². The third kappa shape index (κ3) is 9.41. The lowest BCUT2D eigenvalue weighted by molar-refractivity contribution is -0.117. The topological polar surface area (TPSA) is 49.4 Å². The summed E-state index contributed by atoms with van der Waals surface area (Å²) in [5.74, 6) is 2.32. The number of hydrogen-bond acceptors (Lipinski definition) is 3. The number of likely N-dealkylation sites (tertiary alicyclic amines) is 1. The maximum atomic E-state index is 10.9. The Morgan fingerprint density at radius 1 is 1.12 bits per heavy atom. The molecule has 1 aliphatic heterocycles. The van der Waals surface area contributed by atoms with Crippen molar-refractivity contribution >= 4 is 12.2 Å². The van der Waals surface area contributed by atoms with Crippen LogP contribution in [0.5, 0.6) is 0 Å². The van der Waals surface area contributed by atoms with Crippen LogP contribution in [0.1, 0.15) is 79.1 Å². The van der Waals surface area contributed by atoms with Crippen LogP contribution in [0, 0.1) is 11.8 Å². The monoisotopic (exact) mass is 338 g/mol. The molecule has 0 aromatic carbocycles. The lowest BCUT2D eigenvalue weighted by atomic mass is 9.82. The molecule has 2 unspecified atom stereocenters. The van der Waals surface area contributed by atoms with Gasteiger partial charge in [-0.25, -0.2) is 0 Å². The lowest BCUT2D eigenvalue weighted by Gasteiger charge is -2.38. The Balaban J connectivity index is 0.000000351. The summed E-state index contributed by atoms with van der Waals surface area (Å²) in [5.41, 5.74) is -0.0677. The van der Waals surface area contributed by atoms with Crippen LogP contribution < -0.4 is 5.32 Å². The molecule has 1 amide bonds. The number of piperidine rings is 1. The maximum absolute atomic E-state index is 10.9. The Labute approximate surface area is 148 Å². The quantitative estimate of drug-likeness (QED) is 0.776. The number of amides is 1. The molecule has 1 saturated heterocycles. The molecule has 1 heterocycles. The van der Waals surface area contributed by atoms with E-state index in [0.717, 1.165) is 31.2 Å². The average Bonchev–Trinajstić information content (AvgIpc) is 2.71. The van der Waals surface area contributed by atoms with E-state index in [1.807, 2.05) is 20.8 Å². The summed E-state index contributed by atoms with van der Waals surface area (Å²) >= 11 is 0. The first-order valence-corrected chi connectivity index (χ1v) is 9.75. The molecule has 1 N–H and O–H groups in total. The molecular weight excluding hydrogens is 300 g/mol. The molecule has 0 aromatic rings. The van der Waals surface area contributed by atoms with Gasteiger partial charge in [0.05, 0.1) is 0 Å². The summed E-state index contributed by atoms with van der Waals surface area (Å²) in [6, 6.07) is 0. The second-order valence-corrected chi connectivity index (χ2v) is 8.57. The first-order chi connectivity index (χ1) is 11.3. The molecule has 1 aliphatic carbocycles. The Kier molecular flexibility index (Phi) is 9.57. The summed E-state index contributed by atoms with van der Waals surface area (Å²) in [6.07, 6.45) is 11.2. The fraction of sp³-hybridized carbons (Fsp3) is 0.900. The van der Waals surface area contributed by atoms with Crippen molar-refractivity contribution in [2.45, 2.75) is 84.6 Å². The van der Waals surface area contributed by atoms with E-state index in [2.05, 4.69) is 10.2 Å². The fourth-order valence-corrected chi connectivity index (χ4v) is 3.78. The summed E-state index contributed by atoms with van der Waals surface area (Å²) in [7, 11) is 0. The van der Waals surface area contributed by atoms with Gasteiger partial charge in [-0.05, 0) is 71.9 Å². The Hall–Kier alpha value is -0.900. The van der Waals surface area contributed by atoms with Gasteiger partial charge in [0, 0.05) is 18.5 Å². The van der Waals surface area contributed by atoms with Crippen LogP contribution in [0.2, 0.25) is 0 Å². The van der Waals surface area contributed by atoms with Crippen LogP contribution in [-0.2, 0) is 9.59 Å². The number of nitrogens with one attached hydrogen (secondary N) is 1. The van der Waals surface area contributed by atoms with Crippen molar-refractivity contribution in [3.63, 3.8) is 0 Å². The zero-order valence-corrected chi connectivity index (χ0v) is 16.3. The Morgan fingerprint density at radius 2 is 1.79 bits per heavy atom. The van der Waals surface area contributed by atoms with E-state index in [1.54, 1.807) is 6.92 Å². The number of rotatable bonds is 5. The van der Waals surface area contributed by atoms with Gasteiger partial charge < -0.3 is 15.0 Å². The van der Waals surface area contributed by atoms with Crippen molar-refractivity contribution in [1.29, 1.82) is 0 Å². The van der Waals surface area contributed by atoms with Gasteiger partial charge in [-0.3, -0.25) is 4.79 Å². The van der Waals surface area contributed by atoms with E-state index in [1.165, 1.54) is 51.6 Å². The van der Waals surface area contributed by atoms with Gasteiger partial charge in [-0.1, -0.05) is 25.7 Å². The molecule has 24 heavy (non-hydrogen) atoms. The highest BCUT2D eigenvalue weighted by Crippen LogP contribution is 2.34. The van der Waals surface area contributed by atoms with Gasteiger partial charge in [-0.2, -0.15) is 0 Å². The first-order valence-electron chi connectivity index (χ1n) is 9.75. The number of fused-ring (bicyclic) bond motifs is 1. The van der Waals surface area contributed by atoms with E-state index in [4.69, 9.17) is 0 Å². The molecule has 2 fully saturated rings. The summed E-state index contributed by atoms with van der Waals surface area (Å²) in [6.45, 7) is 11.2. The van der Waals surface area contributed by atoms with Crippen molar-refractivity contribution in [2.75, 3.05) is 19.6 Å². The number of carbonyl (C=O) groups is 2. The van der Waals surface area contributed by atoms with Crippen molar-refractivity contribution in [3.05, 3.63) is 0 Å². The van der Waals surface area contributed by atoms with Gasteiger partial charge in [0.15, 0.2) is 0 Å². The third-order valence-electron chi connectivity index (χ3n) is 5.12. The van der Waals surface area contributed by atoms with Crippen LogP contribution in [0.15, 0.2) is 0 Å². The molecule has 1 saturated carbocycles. The van der Waals surface area contributed by atoms with E-state index < -0.39 is 0 Å². The predicted octanol–water partition coefficient (Wildman–Crippen LogP) is 3.79. The molecule has 4 nitrogen and oxygen atoms in total. The largest absolute Gasteiger partial charge is 0.354 e. The highest BCUT2D eigenvalue weighted by molar-refractivity contribution is 5.75. The molecule has 2 rings (SSSR count). The van der Waals surface area contributed by atoms with Crippen LogP contribution in [0.3, 0.4) is 0 Å².